The number of aromatic nitrogens is 1. The molecule has 1 unspecified atom stereocenters. The van der Waals surface area contributed by atoms with Gasteiger partial charge in [0.25, 0.3) is 0 Å². The van der Waals surface area contributed by atoms with Crippen LogP contribution in [0, 0.1) is 5.92 Å². The Kier molecular flexibility index (Phi) is 5.67. The summed E-state index contributed by atoms with van der Waals surface area (Å²) in [6, 6.07) is 5.28. The number of fused-ring (bicyclic) bond motifs is 3. The summed E-state index contributed by atoms with van der Waals surface area (Å²) in [6.45, 7) is 6.80. The highest BCUT2D eigenvalue weighted by Gasteiger charge is 2.25. The van der Waals surface area contributed by atoms with Gasteiger partial charge in [-0.1, -0.05) is 25.4 Å². The number of hydrogen-bond donors (Lipinski definition) is 3. The molecule has 0 saturated heterocycles. The monoisotopic (exact) mass is 405 g/mol. The number of carboxylic acid groups (broad SMARTS) is 1. The Balaban J connectivity index is 1.87. The summed E-state index contributed by atoms with van der Waals surface area (Å²) < 4.78 is 11.7. The van der Waals surface area contributed by atoms with Crippen LogP contribution in [0.3, 0.4) is 0 Å². The summed E-state index contributed by atoms with van der Waals surface area (Å²) >= 11 is 6.54. The quantitative estimate of drug-likeness (QED) is 0.651. The van der Waals surface area contributed by atoms with Crippen LogP contribution >= 0.6 is 11.6 Å². The number of rotatable bonds is 6. The molecule has 2 heterocycles. The van der Waals surface area contributed by atoms with Crippen molar-refractivity contribution >= 4 is 23.5 Å². The Morgan fingerprint density at radius 3 is 2.89 bits per heavy atom. The number of halogens is 1. The second-order valence-electron chi connectivity index (χ2n) is 7.74. The van der Waals surface area contributed by atoms with E-state index in [-0.39, 0.29) is 12.4 Å². The second-order valence-corrected chi connectivity index (χ2v) is 8.12. The van der Waals surface area contributed by atoms with E-state index >= 15 is 0 Å². The third kappa shape index (κ3) is 4.48. The molecule has 0 fully saturated rings. The largest absolute Gasteiger partial charge is 0.490 e. The van der Waals surface area contributed by atoms with Gasteiger partial charge >= 0.3 is 6.09 Å². The summed E-state index contributed by atoms with van der Waals surface area (Å²) in [5, 5.41) is 11.5. The van der Waals surface area contributed by atoms with Crippen LogP contribution in [0.4, 0.5) is 10.6 Å². The van der Waals surface area contributed by atoms with E-state index in [9.17, 15) is 4.79 Å². The zero-order valence-electron chi connectivity index (χ0n) is 16.1. The normalized spacial score (nSPS) is 14.5. The Morgan fingerprint density at radius 1 is 1.46 bits per heavy atom. The van der Waals surface area contributed by atoms with Crippen molar-refractivity contribution in [2.24, 2.45) is 11.7 Å². The minimum Gasteiger partial charge on any atom is -0.490 e. The summed E-state index contributed by atoms with van der Waals surface area (Å²) in [5.41, 5.74) is 8.26. The molecular formula is C20H24ClN3O4. The average Bonchev–Trinajstić information content (AvgIpc) is 2.59. The number of nitrogens with one attached hydrogen (secondary N) is 1. The number of anilines is 1. The lowest BCUT2D eigenvalue weighted by molar-refractivity contribution is 0.205. The van der Waals surface area contributed by atoms with Crippen molar-refractivity contribution in [2.45, 2.75) is 39.3 Å². The fourth-order valence-corrected chi connectivity index (χ4v) is 3.69. The lowest BCUT2D eigenvalue weighted by Crippen LogP contribution is -2.43. The first kappa shape index (κ1) is 20.2. The maximum Gasteiger partial charge on any atom is 0.410 e. The highest BCUT2D eigenvalue weighted by molar-refractivity contribution is 6.34. The first-order valence-corrected chi connectivity index (χ1v) is 9.40. The van der Waals surface area contributed by atoms with E-state index in [2.05, 4.69) is 24.1 Å². The van der Waals surface area contributed by atoms with E-state index in [4.69, 9.17) is 31.9 Å². The molecule has 3 rings (SSSR count). The van der Waals surface area contributed by atoms with Crippen LogP contribution in [0.25, 0.3) is 11.1 Å². The molecule has 1 amide bonds. The number of ether oxygens (including phenoxy) is 2. The molecule has 1 aromatic carbocycles. The summed E-state index contributed by atoms with van der Waals surface area (Å²) in [5.74, 6) is 1.70. The van der Waals surface area contributed by atoms with Gasteiger partial charge in [-0.15, -0.1) is 0 Å². The number of carbonyl (C=O) groups is 1. The van der Waals surface area contributed by atoms with Crippen LogP contribution in [0.1, 0.15) is 32.8 Å². The Hall–Kier alpha value is -2.51. The standard InChI is InChI=1S/C20H24ClN3O4/c1-11(2)7-20(3,22)10-28-15-5-4-13-14-6-16(24-19(25)26)23-8-12(14)9-27-18(13)17(15)21/h4-6,8,11H,7,9-10,22H2,1-3H3,(H,23,24)(H,25,26). The number of amides is 1. The Morgan fingerprint density at radius 2 is 2.21 bits per heavy atom. The van der Waals surface area contributed by atoms with Gasteiger partial charge in [0.1, 0.15) is 35.6 Å². The molecular weight excluding hydrogens is 382 g/mol. The molecule has 0 bridgehead atoms. The zero-order valence-corrected chi connectivity index (χ0v) is 16.8. The van der Waals surface area contributed by atoms with E-state index in [1.54, 1.807) is 18.3 Å². The van der Waals surface area contributed by atoms with Crippen molar-refractivity contribution in [3.05, 3.63) is 35.0 Å². The average molecular weight is 406 g/mol. The molecule has 0 radical (unpaired) electrons. The number of pyridine rings is 1. The third-order valence-corrected chi connectivity index (χ3v) is 4.74. The van der Waals surface area contributed by atoms with E-state index in [1.165, 1.54) is 0 Å². The molecule has 0 aliphatic carbocycles. The lowest BCUT2D eigenvalue weighted by atomic mass is 9.93. The topological polar surface area (TPSA) is 107 Å². The molecule has 1 aliphatic rings. The maximum atomic E-state index is 10.9. The number of hydrogen-bond acceptors (Lipinski definition) is 5. The molecule has 8 heteroatoms. The minimum absolute atomic E-state index is 0.239. The molecule has 0 spiro atoms. The molecule has 1 aliphatic heterocycles. The fourth-order valence-electron chi connectivity index (χ4n) is 3.41. The van der Waals surface area contributed by atoms with Gasteiger partial charge in [0.05, 0.1) is 0 Å². The van der Waals surface area contributed by atoms with Crippen LogP contribution in [-0.2, 0) is 6.61 Å². The van der Waals surface area contributed by atoms with Gasteiger partial charge in [0.2, 0.25) is 0 Å². The summed E-state index contributed by atoms with van der Waals surface area (Å²) in [4.78, 5) is 15.0. The minimum atomic E-state index is -1.17. The van der Waals surface area contributed by atoms with Gasteiger partial charge in [0, 0.05) is 22.9 Å². The highest BCUT2D eigenvalue weighted by atomic mass is 35.5. The first-order valence-electron chi connectivity index (χ1n) is 9.02. The third-order valence-electron chi connectivity index (χ3n) is 4.38. The molecule has 1 atom stereocenters. The predicted octanol–water partition coefficient (Wildman–Crippen LogP) is 4.53. The Labute approximate surface area is 168 Å². The van der Waals surface area contributed by atoms with E-state index in [0.717, 1.165) is 23.1 Å². The molecule has 2 aromatic rings. The predicted molar refractivity (Wildman–Crippen MR) is 108 cm³/mol. The van der Waals surface area contributed by atoms with Crippen molar-refractivity contribution in [1.82, 2.24) is 4.98 Å². The maximum absolute atomic E-state index is 10.9. The molecule has 0 saturated carbocycles. The van der Waals surface area contributed by atoms with Crippen LogP contribution in [-0.4, -0.2) is 28.3 Å². The second kappa shape index (κ2) is 7.85. The van der Waals surface area contributed by atoms with Gasteiger partial charge in [-0.3, -0.25) is 5.32 Å². The Bertz CT molecular complexity index is 899. The van der Waals surface area contributed by atoms with Crippen LogP contribution in [0.5, 0.6) is 11.5 Å². The summed E-state index contributed by atoms with van der Waals surface area (Å²) in [7, 11) is 0. The van der Waals surface area contributed by atoms with Gasteiger partial charge < -0.3 is 20.3 Å². The van der Waals surface area contributed by atoms with Crippen molar-refractivity contribution in [1.29, 1.82) is 0 Å². The van der Waals surface area contributed by atoms with Crippen LogP contribution in [0.15, 0.2) is 24.4 Å². The summed E-state index contributed by atoms with van der Waals surface area (Å²) in [6.07, 6.45) is 1.24. The van der Waals surface area contributed by atoms with Gasteiger partial charge in [0.15, 0.2) is 0 Å². The van der Waals surface area contributed by atoms with Crippen molar-refractivity contribution in [2.75, 3.05) is 11.9 Å². The molecule has 150 valence electrons. The molecule has 7 nitrogen and oxygen atoms in total. The number of nitrogens with zero attached hydrogens (tertiary/aromatic N) is 1. The highest BCUT2D eigenvalue weighted by Crippen LogP contribution is 2.46. The fraction of sp³-hybridized carbons (Fsp3) is 0.400. The van der Waals surface area contributed by atoms with Gasteiger partial charge in [-0.05, 0) is 43.0 Å². The SMILES string of the molecule is CC(C)CC(C)(N)COc1ccc2c(c1Cl)OCc1cnc(NC(=O)O)cc1-2. The van der Waals surface area contributed by atoms with Crippen LogP contribution < -0.4 is 20.5 Å². The molecule has 4 N–H and O–H groups in total. The molecule has 28 heavy (non-hydrogen) atoms. The van der Waals surface area contributed by atoms with E-state index < -0.39 is 11.6 Å². The van der Waals surface area contributed by atoms with E-state index in [0.29, 0.717) is 29.0 Å². The van der Waals surface area contributed by atoms with Crippen molar-refractivity contribution in [3.63, 3.8) is 0 Å². The van der Waals surface area contributed by atoms with Gasteiger partial charge in [-0.2, -0.15) is 0 Å². The van der Waals surface area contributed by atoms with Crippen molar-refractivity contribution < 1.29 is 19.4 Å². The molecule has 1 aromatic heterocycles. The smallest absolute Gasteiger partial charge is 0.410 e. The lowest BCUT2D eigenvalue weighted by Gasteiger charge is -2.28. The number of nitrogens with two attached hydrogens (primary N) is 1. The van der Waals surface area contributed by atoms with E-state index in [1.807, 2.05) is 13.0 Å². The van der Waals surface area contributed by atoms with Gasteiger partial charge in [-0.25, -0.2) is 9.78 Å². The van der Waals surface area contributed by atoms with Crippen molar-refractivity contribution in [3.8, 4) is 22.6 Å². The first-order chi connectivity index (χ1) is 13.2. The number of benzene rings is 1. The van der Waals surface area contributed by atoms with Crippen LogP contribution in [0.2, 0.25) is 5.02 Å². The zero-order chi connectivity index (χ0) is 20.5.